The highest BCUT2D eigenvalue weighted by Gasteiger charge is 2.14. The van der Waals surface area contributed by atoms with Gasteiger partial charge < -0.3 is 9.88 Å². The second kappa shape index (κ2) is 8.07. The first-order valence-corrected chi connectivity index (χ1v) is 9.31. The third-order valence-electron chi connectivity index (χ3n) is 4.90. The van der Waals surface area contributed by atoms with E-state index in [9.17, 15) is 20.2 Å². The second-order valence-electron chi connectivity index (χ2n) is 6.80. The highest BCUT2D eigenvalue weighted by molar-refractivity contribution is 6.05. The molecule has 0 saturated heterocycles. The molecule has 1 N–H and O–H groups in total. The van der Waals surface area contributed by atoms with Gasteiger partial charge in [0.25, 0.3) is 11.4 Å². The van der Waals surface area contributed by atoms with Gasteiger partial charge in [-0.1, -0.05) is 18.2 Å². The quantitative estimate of drug-likeness (QED) is 0.254. The molecular formula is C22H17N5O4. The van der Waals surface area contributed by atoms with Crippen LogP contribution in [0.3, 0.4) is 0 Å². The van der Waals surface area contributed by atoms with Gasteiger partial charge in [0, 0.05) is 42.4 Å². The monoisotopic (exact) mass is 415 g/mol. The molecule has 0 aliphatic rings. The molecule has 0 amide bonds. The molecule has 0 spiro atoms. The maximum atomic E-state index is 10.9. The zero-order valence-corrected chi connectivity index (χ0v) is 16.4. The molecule has 0 radical (unpaired) electrons. The van der Waals surface area contributed by atoms with Crippen molar-refractivity contribution in [3.63, 3.8) is 0 Å². The lowest BCUT2D eigenvalue weighted by Crippen LogP contribution is -1.99. The lowest BCUT2D eigenvalue weighted by atomic mass is 10.2. The van der Waals surface area contributed by atoms with Crippen molar-refractivity contribution in [1.29, 1.82) is 0 Å². The Labute approximate surface area is 176 Å². The largest absolute Gasteiger partial charge is 0.353 e. The average Bonchev–Trinajstić information content (AvgIpc) is 3.04. The first-order valence-electron chi connectivity index (χ1n) is 9.31. The molecule has 0 saturated carbocycles. The Morgan fingerprint density at radius 1 is 0.871 bits per heavy atom. The molecule has 0 aliphatic heterocycles. The highest BCUT2D eigenvalue weighted by Crippen LogP contribution is 2.32. The minimum Gasteiger partial charge on any atom is -0.353 e. The predicted molar refractivity (Wildman–Crippen MR) is 120 cm³/mol. The molecule has 4 aromatic rings. The lowest BCUT2D eigenvalue weighted by Gasteiger charge is -2.07. The number of anilines is 2. The van der Waals surface area contributed by atoms with Crippen LogP contribution >= 0.6 is 0 Å². The molecular weight excluding hydrogens is 398 g/mol. The summed E-state index contributed by atoms with van der Waals surface area (Å²) in [5.41, 5.74) is 3.88. The molecule has 1 aromatic heterocycles. The third kappa shape index (κ3) is 3.97. The maximum absolute atomic E-state index is 10.9. The first-order chi connectivity index (χ1) is 14.9. The van der Waals surface area contributed by atoms with E-state index < -0.39 is 9.85 Å². The van der Waals surface area contributed by atoms with Gasteiger partial charge in [-0.15, -0.1) is 0 Å². The maximum Gasteiger partial charge on any atom is 0.269 e. The summed E-state index contributed by atoms with van der Waals surface area (Å²) in [5, 5.41) is 26.0. The fourth-order valence-electron chi connectivity index (χ4n) is 3.30. The topological polar surface area (TPSA) is 116 Å². The summed E-state index contributed by atoms with van der Waals surface area (Å²) in [7, 11) is 1.92. The van der Waals surface area contributed by atoms with Gasteiger partial charge in [0.15, 0.2) is 0 Å². The molecule has 4 rings (SSSR count). The third-order valence-corrected chi connectivity index (χ3v) is 4.90. The zero-order chi connectivity index (χ0) is 22.0. The standard InChI is InChI=1S/C22H17N5O4/c1-25-20-5-3-2-4-19(20)22(24-16-8-12-18(13-9-16)27(30)31)21(25)14-23-15-6-10-17(11-7-15)26(28)29/h2-14,24H,1H3. The molecule has 9 nitrogen and oxygen atoms in total. The molecule has 154 valence electrons. The van der Waals surface area contributed by atoms with E-state index in [1.54, 1.807) is 30.5 Å². The number of aryl methyl sites for hydroxylation is 1. The van der Waals surface area contributed by atoms with Gasteiger partial charge in [-0.3, -0.25) is 25.2 Å². The van der Waals surface area contributed by atoms with Crippen LogP contribution in [0, 0.1) is 20.2 Å². The molecule has 9 heteroatoms. The van der Waals surface area contributed by atoms with Crippen molar-refractivity contribution < 1.29 is 9.85 Å². The number of para-hydroxylation sites is 1. The summed E-state index contributed by atoms with van der Waals surface area (Å²) in [6, 6.07) is 20.0. The van der Waals surface area contributed by atoms with Gasteiger partial charge in [-0.2, -0.15) is 0 Å². The van der Waals surface area contributed by atoms with E-state index in [-0.39, 0.29) is 11.4 Å². The predicted octanol–water partition coefficient (Wildman–Crippen LogP) is 5.49. The Balaban J connectivity index is 1.73. The van der Waals surface area contributed by atoms with E-state index >= 15 is 0 Å². The van der Waals surface area contributed by atoms with Crippen LogP contribution in [0.5, 0.6) is 0 Å². The smallest absolute Gasteiger partial charge is 0.269 e. The number of nitro benzene ring substituents is 2. The van der Waals surface area contributed by atoms with Gasteiger partial charge in [-0.25, -0.2) is 0 Å². The molecule has 0 aliphatic carbocycles. The van der Waals surface area contributed by atoms with Crippen molar-refractivity contribution in [2.45, 2.75) is 0 Å². The Bertz CT molecular complexity index is 1310. The van der Waals surface area contributed by atoms with E-state index in [4.69, 9.17) is 0 Å². The molecule has 3 aromatic carbocycles. The highest BCUT2D eigenvalue weighted by atomic mass is 16.6. The van der Waals surface area contributed by atoms with E-state index in [0.29, 0.717) is 11.4 Å². The van der Waals surface area contributed by atoms with Crippen LogP contribution in [0.2, 0.25) is 0 Å². The number of nitrogens with zero attached hydrogens (tertiary/aromatic N) is 4. The van der Waals surface area contributed by atoms with Gasteiger partial charge in [0.05, 0.1) is 38.6 Å². The van der Waals surface area contributed by atoms with Crippen LogP contribution in [0.15, 0.2) is 77.8 Å². The van der Waals surface area contributed by atoms with Crippen LogP contribution in [-0.4, -0.2) is 20.6 Å². The average molecular weight is 415 g/mol. The summed E-state index contributed by atoms with van der Waals surface area (Å²) in [5.74, 6) is 0. The Morgan fingerprint density at radius 2 is 1.45 bits per heavy atom. The van der Waals surface area contributed by atoms with E-state index in [1.165, 1.54) is 24.3 Å². The number of hydrogen-bond donors (Lipinski definition) is 1. The summed E-state index contributed by atoms with van der Waals surface area (Å²) in [6.07, 6.45) is 1.69. The molecule has 0 bridgehead atoms. The second-order valence-corrected chi connectivity index (χ2v) is 6.80. The molecule has 1 heterocycles. The van der Waals surface area contributed by atoms with E-state index in [2.05, 4.69) is 10.3 Å². The molecule has 0 atom stereocenters. The number of fused-ring (bicyclic) bond motifs is 1. The van der Waals surface area contributed by atoms with Crippen LogP contribution in [-0.2, 0) is 7.05 Å². The van der Waals surface area contributed by atoms with Crippen LogP contribution < -0.4 is 5.32 Å². The summed E-state index contributed by atoms with van der Waals surface area (Å²) < 4.78 is 1.98. The minimum atomic E-state index is -0.455. The fourth-order valence-corrected chi connectivity index (χ4v) is 3.30. The van der Waals surface area contributed by atoms with E-state index in [1.807, 2.05) is 35.9 Å². The number of nitrogens with one attached hydrogen (secondary N) is 1. The van der Waals surface area contributed by atoms with Crippen molar-refractivity contribution in [2.75, 3.05) is 5.32 Å². The van der Waals surface area contributed by atoms with Gasteiger partial charge in [0.2, 0.25) is 0 Å². The van der Waals surface area contributed by atoms with E-state index in [0.717, 1.165) is 22.3 Å². The number of nitro groups is 2. The molecule has 0 fully saturated rings. The fraction of sp³-hybridized carbons (Fsp3) is 0.0455. The van der Waals surface area contributed by atoms with Crippen molar-refractivity contribution in [1.82, 2.24) is 4.57 Å². The van der Waals surface area contributed by atoms with Gasteiger partial charge in [0.1, 0.15) is 0 Å². The minimum absolute atomic E-state index is 0.00378. The van der Waals surface area contributed by atoms with Crippen LogP contribution in [0.4, 0.5) is 28.4 Å². The summed E-state index contributed by atoms with van der Waals surface area (Å²) >= 11 is 0. The number of rotatable bonds is 6. The SMILES string of the molecule is Cn1c(C=Nc2ccc([N+](=O)[O-])cc2)c(Nc2ccc([N+](=O)[O-])cc2)c2ccccc21. The Morgan fingerprint density at radius 3 is 2.06 bits per heavy atom. The van der Waals surface area contributed by atoms with Crippen molar-refractivity contribution in [3.05, 3.63) is 98.7 Å². The van der Waals surface area contributed by atoms with Crippen molar-refractivity contribution in [2.24, 2.45) is 12.0 Å². The number of benzene rings is 3. The zero-order valence-electron chi connectivity index (χ0n) is 16.4. The number of non-ortho nitro benzene ring substituents is 2. The lowest BCUT2D eigenvalue weighted by molar-refractivity contribution is -0.385. The number of aliphatic imine (C=N–C) groups is 1. The Hall–Kier alpha value is -4.53. The van der Waals surface area contributed by atoms with Crippen LogP contribution in [0.1, 0.15) is 5.69 Å². The van der Waals surface area contributed by atoms with Crippen LogP contribution in [0.25, 0.3) is 10.9 Å². The molecule has 0 unspecified atom stereocenters. The number of hydrogen-bond acceptors (Lipinski definition) is 6. The number of aromatic nitrogens is 1. The van der Waals surface area contributed by atoms with Crippen molar-refractivity contribution in [3.8, 4) is 0 Å². The summed E-state index contributed by atoms with van der Waals surface area (Å²) in [4.78, 5) is 25.3. The first kappa shape index (κ1) is 19.8. The van der Waals surface area contributed by atoms with Gasteiger partial charge in [-0.05, 0) is 30.3 Å². The van der Waals surface area contributed by atoms with Crippen molar-refractivity contribution >= 4 is 45.6 Å². The summed E-state index contributed by atoms with van der Waals surface area (Å²) in [6.45, 7) is 0. The normalized spacial score (nSPS) is 11.1. The van der Waals surface area contributed by atoms with Gasteiger partial charge >= 0.3 is 0 Å². The Kier molecular flexibility index (Phi) is 5.15. The molecule has 31 heavy (non-hydrogen) atoms.